The Hall–Kier alpha value is -1.02. The quantitative estimate of drug-likeness (QED) is 0.771. The van der Waals surface area contributed by atoms with Crippen molar-refractivity contribution in [2.24, 2.45) is 0 Å². The van der Waals surface area contributed by atoms with E-state index in [1.807, 2.05) is 0 Å². The minimum absolute atomic E-state index is 0.622. The molecule has 2 heteroatoms. The lowest BCUT2D eigenvalue weighted by molar-refractivity contribution is 0.0264. The van der Waals surface area contributed by atoms with Crippen LogP contribution in [0.15, 0.2) is 24.3 Å². The summed E-state index contributed by atoms with van der Waals surface area (Å²) in [6.07, 6.45) is 1.40. The Labute approximate surface area is 104 Å². The van der Waals surface area contributed by atoms with Gasteiger partial charge in [-0.1, -0.05) is 26.0 Å². The third kappa shape index (κ3) is 1.85. The zero-order valence-corrected chi connectivity index (χ0v) is 11.1. The van der Waals surface area contributed by atoms with E-state index in [9.17, 15) is 0 Å². The average Bonchev–Trinajstić information content (AvgIpc) is 2.38. The molecule has 2 unspecified atom stereocenters. The first kappa shape index (κ1) is 11.1. The minimum Gasteiger partial charge on any atom is -0.368 e. The van der Waals surface area contributed by atoms with Crippen molar-refractivity contribution in [3.63, 3.8) is 0 Å². The van der Waals surface area contributed by atoms with Crippen molar-refractivity contribution in [1.29, 1.82) is 0 Å². The summed E-state index contributed by atoms with van der Waals surface area (Å²) in [5.74, 6) is 0.622. The molecule has 0 amide bonds. The molecule has 4 rings (SSSR count). The molecule has 3 saturated heterocycles. The van der Waals surface area contributed by atoms with Gasteiger partial charge in [0.25, 0.3) is 0 Å². The Balaban J connectivity index is 1.79. The summed E-state index contributed by atoms with van der Waals surface area (Å²) in [6.45, 7) is 6.93. The van der Waals surface area contributed by atoms with Crippen molar-refractivity contribution in [3.05, 3.63) is 29.8 Å². The van der Waals surface area contributed by atoms with Gasteiger partial charge in [0.1, 0.15) is 0 Å². The summed E-state index contributed by atoms with van der Waals surface area (Å²) in [7, 11) is 2.26. The lowest BCUT2D eigenvalue weighted by Crippen LogP contribution is -2.67. The Bertz CT molecular complexity index is 401. The summed E-state index contributed by atoms with van der Waals surface area (Å²) in [5.41, 5.74) is 2.87. The molecule has 92 valence electrons. The highest BCUT2D eigenvalue weighted by molar-refractivity contribution is 5.50. The van der Waals surface area contributed by atoms with E-state index in [1.165, 1.54) is 30.8 Å². The van der Waals surface area contributed by atoms with Crippen LogP contribution in [-0.4, -0.2) is 37.1 Å². The molecule has 3 fully saturated rings. The summed E-state index contributed by atoms with van der Waals surface area (Å²) in [5, 5.41) is 0. The molecule has 1 aromatic rings. The van der Waals surface area contributed by atoms with Crippen LogP contribution in [0.4, 0.5) is 5.69 Å². The van der Waals surface area contributed by atoms with E-state index in [0.29, 0.717) is 5.92 Å². The molecule has 0 radical (unpaired) electrons. The highest BCUT2D eigenvalue weighted by atomic mass is 15.3. The van der Waals surface area contributed by atoms with E-state index in [2.05, 4.69) is 55.0 Å². The number of anilines is 1. The van der Waals surface area contributed by atoms with Crippen LogP contribution < -0.4 is 4.90 Å². The second-order valence-corrected chi connectivity index (χ2v) is 5.86. The molecule has 0 aromatic heterocycles. The van der Waals surface area contributed by atoms with Gasteiger partial charge in [0, 0.05) is 30.9 Å². The van der Waals surface area contributed by atoms with Gasteiger partial charge in [-0.05, 0) is 37.1 Å². The first-order valence-corrected chi connectivity index (χ1v) is 6.72. The first-order valence-electron chi connectivity index (χ1n) is 6.72. The van der Waals surface area contributed by atoms with Gasteiger partial charge in [-0.3, -0.25) is 4.90 Å². The van der Waals surface area contributed by atoms with Gasteiger partial charge < -0.3 is 4.90 Å². The van der Waals surface area contributed by atoms with Crippen LogP contribution in [0.1, 0.15) is 31.7 Å². The van der Waals surface area contributed by atoms with Crippen molar-refractivity contribution in [2.75, 3.05) is 25.0 Å². The van der Waals surface area contributed by atoms with Gasteiger partial charge >= 0.3 is 0 Å². The maximum absolute atomic E-state index is 2.56. The van der Waals surface area contributed by atoms with E-state index in [0.717, 1.165) is 12.1 Å². The molecule has 0 N–H and O–H groups in total. The van der Waals surface area contributed by atoms with E-state index >= 15 is 0 Å². The zero-order chi connectivity index (χ0) is 12.0. The fourth-order valence-electron chi connectivity index (χ4n) is 3.09. The van der Waals surface area contributed by atoms with E-state index in [1.54, 1.807) is 0 Å². The van der Waals surface area contributed by atoms with Crippen LogP contribution >= 0.6 is 0 Å². The molecule has 0 aliphatic carbocycles. The predicted octanol–water partition coefficient (Wildman–Crippen LogP) is 2.70. The fraction of sp³-hybridized carbons (Fsp3) is 0.600. The van der Waals surface area contributed by atoms with Crippen molar-refractivity contribution < 1.29 is 0 Å². The average molecular weight is 230 g/mol. The van der Waals surface area contributed by atoms with Crippen molar-refractivity contribution >= 4 is 5.69 Å². The maximum Gasteiger partial charge on any atom is 0.0370 e. The summed E-state index contributed by atoms with van der Waals surface area (Å²) in [6, 6.07) is 10.7. The van der Waals surface area contributed by atoms with Gasteiger partial charge in [-0.2, -0.15) is 0 Å². The van der Waals surface area contributed by atoms with Gasteiger partial charge in [-0.15, -0.1) is 0 Å². The number of nitrogens with zero attached hydrogens (tertiary/aromatic N) is 2. The van der Waals surface area contributed by atoms with Gasteiger partial charge in [0.15, 0.2) is 0 Å². The lowest BCUT2D eigenvalue weighted by Gasteiger charge is -2.55. The molecule has 0 saturated carbocycles. The van der Waals surface area contributed by atoms with E-state index in [4.69, 9.17) is 0 Å². The standard InChI is InChI=1S/C15H22N2/c1-11(2)12-5-4-6-13(7-12)17-9-14-8-15(10-17)16(14)3/h4-7,11,14-15H,8-10H2,1-3H3. The van der Waals surface area contributed by atoms with Crippen LogP contribution in [0.5, 0.6) is 0 Å². The third-order valence-corrected chi connectivity index (χ3v) is 4.46. The smallest absolute Gasteiger partial charge is 0.0370 e. The maximum atomic E-state index is 2.56. The highest BCUT2D eigenvalue weighted by Gasteiger charge is 2.42. The normalized spacial score (nSPS) is 28.4. The number of rotatable bonds is 2. The Morgan fingerprint density at radius 2 is 1.88 bits per heavy atom. The second-order valence-electron chi connectivity index (χ2n) is 5.86. The summed E-state index contributed by atoms with van der Waals surface area (Å²) in [4.78, 5) is 5.09. The number of hydrogen-bond donors (Lipinski definition) is 0. The molecule has 2 atom stereocenters. The molecular formula is C15H22N2. The number of fused-ring (bicyclic) bond motifs is 2. The predicted molar refractivity (Wildman–Crippen MR) is 72.7 cm³/mol. The second kappa shape index (κ2) is 4.02. The van der Waals surface area contributed by atoms with Crippen molar-refractivity contribution in [2.45, 2.75) is 38.3 Å². The molecule has 3 heterocycles. The van der Waals surface area contributed by atoms with Gasteiger partial charge in [-0.25, -0.2) is 0 Å². The lowest BCUT2D eigenvalue weighted by atomic mass is 9.88. The molecule has 2 nitrogen and oxygen atoms in total. The fourth-order valence-corrected chi connectivity index (χ4v) is 3.09. The van der Waals surface area contributed by atoms with Crippen LogP contribution in [0.2, 0.25) is 0 Å². The molecule has 3 aliphatic rings. The van der Waals surface area contributed by atoms with Gasteiger partial charge in [0.05, 0.1) is 0 Å². The van der Waals surface area contributed by atoms with E-state index < -0.39 is 0 Å². The summed E-state index contributed by atoms with van der Waals surface area (Å²) < 4.78 is 0. The molecule has 0 spiro atoms. The Morgan fingerprint density at radius 3 is 2.47 bits per heavy atom. The number of likely N-dealkylation sites (N-methyl/N-ethyl adjacent to an activating group) is 1. The first-order chi connectivity index (χ1) is 8.15. The molecular weight excluding hydrogens is 208 g/mol. The third-order valence-electron chi connectivity index (χ3n) is 4.46. The van der Waals surface area contributed by atoms with Gasteiger partial charge in [0.2, 0.25) is 0 Å². The number of benzene rings is 1. The molecule has 2 bridgehead atoms. The number of piperazine rings is 1. The largest absolute Gasteiger partial charge is 0.368 e. The summed E-state index contributed by atoms with van der Waals surface area (Å²) >= 11 is 0. The number of piperidine rings is 1. The monoisotopic (exact) mass is 230 g/mol. The van der Waals surface area contributed by atoms with E-state index in [-0.39, 0.29) is 0 Å². The number of hydrogen-bond acceptors (Lipinski definition) is 2. The highest BCUT2D eigenvalue weighted by Crippen LogP contribution is 2.33. The SMILES string of the molecule is CC(C)c1cccc(N2CC3CC(C2)N3C)c1. The van der Waals surface area contributed by atoms with Crippen molar-refractivity contribution in [3.8, 4) is 0 Å². The topological polar surface area (TPSA) is 6.48 Å². The molecule has 17 heavy (non-hydrogen) atoms. The Kier molecular flexibility index (Phi) is 2.62. The Morgan fingerprint density at radius 1 is 1.18 bits per heavy atom. The van der Waals surface area contributed by atoms with Crippen molar-refractivity contribution in [1.82, 2.24) is 4.90 Å². The molecule has 3 aliphatic heterocycles. The zero-order valence-electron chi connectivity index (χ0n) is 11.1. The van der Waals surface area contributed by atoms with Crippen LogP contribution in [0, 0.1) is 0 Å². The van der Waals surface area contributed by atoms with Crippen LogP contribution in [0.25, 0.3) is 0 Å². The van der Waals surface area contributed by atoms with Crippen LogP contribution in [-0.2, 0) is 0 Å². The molecule has 1 aromatic carbocycles. The minimum atomic E-state index is 0.622. The van der Waals surface area contributed by atoms with Crippen LogP contribution in [0.3, 0.4) is 0 Å².